The van der Waals surface area contributed by atoms with Gasteiger partial charge in [-0.05, 0) is 38.1 Å². The molecule has 2 aliphatic carbocycles. The van der Waals surface area contributed by atoms with E-state index in [9.17, 15) is 10.2 Å². The molecule has 3 N–H and O–H groups in total. The quantitative estimate of drug-likeness (QED) is 0.585. The number of rotatable bonds is 0. The molecule has 27 heavy (non-hydrogen) atoms. The van der Waals surface area contributed by atoms with Crippen LogP contribution in [0.3, 0.4) is 0 Å². The molecule has 5 aliphatic rings. The highest BCUT2D eigenvalue weighted by molar-refractivity contribution is 5.61. The predicted octanol–water partition coefficient (Wildman–Crippen LogP) is 0.804. The van der Waals surface area contributed by atoms with Crippen LogP contribution >= 0.6 is 0 Å². The SMILES string of the molecule is C1COCCN1.CN1CC[C@]23c4c5ccc(O)c4O[C@H]2[C@@H](O)C=C[C@H]3[C@H]1C5. The van der Waals surface area contributed by atoms with E-state index in [1.165, 1.54) is 11.1 Å². The number of aromatic hydroxyl groups is 1. The molecule has 2 bridgehead atoms. The van der Waals surface area contributed by atoms with Crippen LogP contribution in [-0.2, 0) is 16.6 Å². The molecule has 5 atom stereocenters. The zero-order valence-corrected chi connectivity index (χ0v) is 15.7. The Bertz CT molecular complexity index is 751. The van der Waals surface area contributed by atoms with E-state index in [-0.39, 0.29) is 17.3 Å². The topological polar surface area (TPSA) is 74.2 Å². The highest BCUT2D eigenvalue weighted by Crippen LogP contribution is 2.62. The van der Waals surface area contributed by atoms with E-state index in [1.54, 1.807) is 6.07 Å². The number of benzene rings is 1. The maximum atomic E-state index is 10.4. The molecule has 1 aromatic rings. The first-order valence-electron chi connectivity index (χ1n) is 10.00. The van der Waals surface area contributed by atoms with Crippen LogP contribution in [0.5, 0.6) is 11.5 Å². The van der Waals surface area contributed by atoms with Crippen molar-refractivity contribution < 1.29 is 19.7 Å². The zero-order chi connectivity index (χ0) is 18.6. The molecular formula is C21H28N2O4. The number of hydrogen-bond acceptors (Lipinski definition) is 6. The van der Waals surface area contributed by atoms with Crippen LogP contribution in [0.2, 0.25) is 0 Å². The lowest BCUT2D eigenvalue weighted by molar-refractivity contribution is -0.0453. The number of phenols is 1. The van der Waals surface area contributed by atoms with Gasteiger partial charge in [-0.2, -0.15) is 0 Å². The smallest absolute Gasteiger partial charge is 0.165 e. The molecule has 6 nitrogen and oxygen atoms in total. The van der Waals surface area contributed by atoms with Gasteiger partial charge in [-0.1, -0.05) is 18.2 Å². The van der Waals surface area contributed by atoms with Gasteiger partial charge in [-0.25, -0.2) is 0 Å². The summed E-state index contributed by atoms with van der Waals surface area (Å²) in [5.41, 5.74) is 2.29. The fourth-order valence-electron chi connectivity index (χ4n) is 5.75. The normalized spacial score (nSPS) is 38.4. The maximum Gasteiger partial charge on any atom is 0.165 e. The van der Waals surface area contributed by atoms with E-state index < -0.39 is 6.10 Å². The Hall–Kier alpha value is -1.60. The minimum Gasteiger partial charge on any atom is -0.504 e. The Kier molecular flexibility index (Phi) is 4.20. The number of phenolic OH excluding ortho intramolecular Hbond substituents is 1. The summed E-state index contributed by atoms with van der Waals surface area (Å²) in [4.78, 5) is 2.43. The van der Waals surface area contributed by atoms with Gasteiger partial charge >= 0.3 is 0 Å². The van der Waals surface area contributed by atoms with Crippen molar-refractivity contribution >= 4 is 0 Å². The minimum absolute atomic E-state index is 0.160. The number of ether oxygens (including phenoxy) is 2. The maximum absolute atomic E-state index is 10.4. The van der Waals surface area contributed by atoms with Crippen molar-refractivity contribution in [2.75, 3.05) is 39.9 Å². The molecule has 0 amide bonds. The minimum atomic E-state index is -0.594. The Morgan fingerprint density at radius 1 is 1.22 bits per heavy atom. The third-order valence-electron chi connectivity index (χ3n) is 7.00. The fraction of sp³-hybridized carbons (Fsp3) is 0.619. The van der Waals surface area contributed by atoms with Crippen LogP contribution in [0.15, 0.2) is 24.3 Å². The molecule has 146 valence electrons. The molecule has 3 heterocycles. The summed E-state index contributed by atoms with van der Waals surface area (Å²) >= 11 is 0. The standard InChI is InChI=1S/C17H19NO3.C4H9NO/c1-18-7-6-17-10-3-5-13(20)16(17)21-15-12(19)4-2-9(14(15)17)8-11(10)18;1-3-6-4-2-5-1/h2-5,10-11,13,16,19-20H,6-8H2,1H3;5H,1-4H2/t10-,11+,13-,16-,17-;/m0./s1. The van der Waals surface area contributed by atoms with Gasteiger partial charge in [-0.15, -0.1) is 0 Å². The van der Waals surface area contributed by atoms with Crippen molar-refractivity contribution in [2.24, 2.45) is 5.92 Å². The number of nitrogens with one attached hydrogen (secondary N) is 1. The van der Waals surface area contributed by atoms with E-state index in [1.807, 2.05) is 12.1 Å². The molecule has 6 heteroatoms. The Morgan fingerprint density at radius 2 is 2.04 bits per heavy atom. The van der Waals surface area contributed by atoms with Gasteiger partial charge in [0.2, 0.25) is 0 Å². The van der Waals surface area contributed by atoms with Crippen LogP contribution in [0.25, 0.3) is 0 Å². The lowest BCUT2D eigenvalue weighted by Crippen LogP contribution is -2.64. The molecule has 1 spiro atoms. The first-order valence-corrected chi connectivity index (χ1v) is 10.00. The first-order chi connectivity index (χ1) is 13.1. The number of aliphatic hydroxyl groups is 1. The molecule has 1 aromatic carbocycles. The van der Waals surface area contributed by atoms with Gasteiger partial charge in [0.05, 0.1) is 13.2 Å². The molecule has 2 saturated heterocycles. The van der Waals surface area contributed by atoms with Crippen molar-refractivity contribution in [1.82, 2.24) is 10.2 Å². The van der Waals surface area contributed by atoms with E-state index >= 15 is 0 Å². The Morgan fingerprint density at radius 3 is 2.74 bits per heavy atom. The molecule has 0 aromatic heterocycles. The Labute approximate surface area is 159 Å². The zero-order valence-electron chi connectivity index (χ0n) is 15.7. The molecule has 2 fully saturated rings. The van der Waals surface area contributed by atoms with Crippen LogP contribution in [0, 0.1) is 5.92 Å². The molecule has 3 aliphatic heterocycles. The van der Waals surface area contributed by atoms with E-state index in [0.717, 1.165) is 45.7 Å². The van der Waals surface area contributed by atoms with Crippen molar-refractivity contribution in [3.63, 3.8) is 0 Å². The second-order valence-electron chi connectivity index (χ2n) is 8.29. The summed E-state index contributed by atoms with van der Waals surface area (Å²) in [5, 5.41) is 23.8. The lowest BCUT2D eigenvalue weighted by Gasteiger charge is -2.56. The van der Waals surface area contributed by atoms with Crippen LogP contribution in [0.4, 0.5) is 0 Å². The Balaban J connectivity index is 0.000000230. The van der Waals surface area contributed by atoms with Gasteiger partial charge in [-0.3, -0.25) is 0 Å². The molecule has 6 rings (SSSR count). The third-order valence-corrected chi connectivity index (χ3v) is 7.00. The summed E-state index contributed by atoms with van der Waals surface area (Å²) in [6.07, 6.45) is 5.18. The number of piperidine rings is 1. The summed E-state index contributed by atoms with van der Waals surface area (Å²) in [7, 11) is 2.19. The second-order valence-corrected chi connectivity index (χ2v) is 8.29. The van der Waals surface area contributed by atoms with E-state index in [4.69, 9.17) is 9.47 Å². The summed E-state index contributed by atoms with van der Waals surface area (Å²) in [6.45, 7) is 4.84. The average Bonchev–Trinajstić information content (AvgIpc) is 3.06. The number of likely N-dealkylation sites (tertiary alicyclic amines) is 1. The number of likely N-dealkylation sites (N-methyl/N-ethyl adjacent to an activating group) is 1. The largest absolute Gasteiger partial charge is 0.504 e. The lowest BCUT2D eigenvalue weighted by atomic mass is 9.53. The number of aliphatic hydroxyl groups excluding tert-OH is 1. The second kappa shape index (κ2) is 6.48. The average molecular weight is 372 g/mol. The van der Waals surface area contributed by atoms with Crippen LogP contribution in [-0.4, -0.2) is 73.3 Å². The highest BCUT2D eigenvalue weighted by atomic mass is 16.5. The van der Waals surface area contributed by atoms with E-state index in [0.29, 0.717) is 17.7 Å². The van der Waals surface area contributed by atoms with Gasteiger partial charge in [0.1, 0.15) is 12.2 Å². The van der Waals surface area contributed by atoms with Crippen molar-refractivity contribution in [2.45, 2.75) is 36.5 Å². The van der Waals surface area contributed by atoms with Crippen molar-refractivity contribution in [1.29, 1.82) is 0 Å². The van der Waals surface area contributed by atoms with Crippen LogP contribution in [0.1, 0.15) is 17.5 Å². The molecule has 0 saturated carbocycles. The van der Waals surface area contributed by atoms with Crippen molar-refractivity contribution in [3.05, 3.63) is 35.4 Å². The summed E-state index contributed by atoms with van der Waals surface area (Å²) < 4.78 is 11.1. The van der Waals surface area contributed by atoms with Gasteiger partial charge in [0.25, 0.3) is 0 Å². The van der Waals surface area contributed by atoms with E-state index in [2.05, 4.69) is 23.3 Å². The highest BCUT2D eigenvalue weighted by Gasteiger charge is 2.64. The molecule has 0 radical (unpaired) electrons. The predicted molar refractivity (Wildman–Crippen MR) is 101 cm³/mol. The van der Waals surface area contributed by atoms with Gasteiger partial charge in [0, 0.05) is 36.0 Å². The third kappa shape index (κ3) is 2.47. The van der Waals surface area contributed by atoms with Crippen molar-refractivity contribution in [3.8, 4) is 11.5 Å². The fourth-order valence-corrected chi connectivity index (χ4v) is 5.75. The van der Waals surface area contributed by atoms with Gasteiger partial charge < -0.3 is 29.9 Å². The number of morpholine rings is 1. The number of nitrogens with zero attached hydrogens (tertiary/aromatic N) is 1. The van der Waals surface area contributed by atoms with Crippen LogP contribution < -0.4 is 10.1 Å². The summed E-state index contributed by atoms with van der Waals surface area (Å²) in [5.74, 6) is 1.19. The monoisotopic (exact) mass is 372 g/mol. The number of hydrogen-bond donors (Lipinski definition) is 3. The molecular weight excluding hydrogens is 344 g/mol. The first kappa shape index (κ1) is 17.5. The van der Waals surface area contributed by atoms with Gasteiger partial charge in [0.15, 0.2) is 11.5 Å². The summed E-state index contributed by atoms with van der Waals surface area (Å²) in [6, 6.07) is 4.23. The molecule has 0 unspecified atom stereocenters.